The number of aromatic nitrogens is 2. The van der Waals surface area contributed by atoms with Crippen molar-refractivity contribution < 1.29 is 4.74 Å². The molecule has 1 atom stereocenters. The number of piperidine rings is 1. The minimum absolute atomic E-state index is 0.584. The van der Waals surface area contributed by atoms with E-state index in [4.69, 9.17) is 4.74 Å². The number of nitrogens with zero attached hydrogens (tertiary/aromatic N) is 1. The molecule has 1 aromatic rings. The van der Waals surface area contributed by atoms with Crippen LogP contribution >= 0.6 is 0 Å². The van der Waals surface area contributed by atoms with Gasteiger partial charge in [0.05, 0.1) is 18.9 Å². The van der Waals surface area contributed by atoms with Crippen LogP contribution in [0.1, 0.15) is 35.7 Å². The molecular formula is C11H17N3O. The van der Waals surface area contributed by atoms with Crippen molar-refractivity contribution in [3.63, 3.8) is 0 Å². The van der Waals surface area contributed by atoms with Crippen molar-refractivity contribution >= 4 is 0 Å². The second kappa shape index (κ2) is 3.94. The van der Waals surface area contributed by atoms with E-state index in [0.29, 0.717) is 5.92 Å². The Morgan fingerprint density at radius 1 is 1.40 bits per heavy atom. The fourth-order valence-corrected chi connectivity index (χ4v) is 2.56. The normalized spacial score (nSPS) is 26.3. The van der Waals surface area contributed by atoms with Gasteiger partial charge in [0, 0.05) is 30.1 Å². The molecule has 4 nitrogen and oxygen atoms in total. The predicted molar refractivity (Wildman–Crippen MR) is 56.8 cm³/mol. The lowest BCUT2D eigenvalue weighted by molar-refractivity contribution is 0.109. The number of hydrogen-bond donors (Lipinski definition) is 2. The van der Waals surface area contributed by atoms with Gasteiger partial charge in [-0.25, -0.2) is 0 Å². The minimum Gasteiger partial charge on any atom is -0.376 e. The molecule has 2 aliphatic rings. The summed E-state index contributed by atoms with van der Waals surface area (Å²) in [5.74, 6) is 0.584. The zero-order valence-electron chi connectivity index (χ0n) is 8.88. The van der Waals surface area contributed by atoms with Crippen molar-refractivity contribution in [1.29, 1.82) is 0 Å². The molecule has 2 N–H and O–H groups in total. The van der Waals surface area contributed by atoms with Gasteiger partial charge in [-0.3, -0.25) is 5.10 Å². The molecule has 0 aliphatic carbocycles. The molecule has 0 amide bonds. The summed E-state index contributed by atoms with van der Waals surface area (Å²) in [7, 11) is 0. The van der Waals surface area contributed by atoms with E-state index >= 15 is 0 Å². The Hall–Kier alpha value is -0.870. The SMILES string of the molecule is C1CNC[C@H](c2n[nH]c3c2COCC3)C1. The third-order valence-corrected chi connectivity index (χ3v) is 3.41. The summed E-state index contributed by atoms with van der Waals surface area (Å²) in [4.78, 5) is 0. The van der Waals surface area contributed by atoms with Crippen LogP contribution in [-0.2, 0) is 17.8 Å². The molecule has 2 aliphatic heterocycles. The van der Waals surface area contributed by atoms with Gasteiger partial charge in [0.2, 0.25) is 0 Å². The van der Waals surface area contributed by atoms with Gasteiger partial charge < -0.3 is 10.1 Å². The molecule has 0 spiro atoms. The van der Waals surface area contributed by atoms with E-state index in [0.717, 1.165) is 32.7 Å². The summed E-state index contributed by atoms with van der Waals surface area (Å²) >= 11 is 0. The predicted octanol–water partition coefficient (Wildman–Crippen LogP) is 0.949. The highest BCUT2D eigenvalue weighted by Crippen LogP contribution is 2.28. The van der Waals surface area contributed by atoms with Gasteiger partial charge in [0.15, 0.2) is 0 Å². The van der Waals surface area contributed by atoms with E-state index in [1.54, 1.807) is 0 Å². The molecule has 3 rings (SSSR count). The number of H-pyrrole nitrogens is 1. The smallest absolute Gasteiger partial charge is 0.0753 e. The zero-order valence-corrected chi connectivity index (χ0v) is 8.88. The first-order valence-corrected chi connectivity index (χ1v) is 5.79. The molecule has 3 heterocycles. The molecule has 15 heavy (non-hydrogen) atoms. The van der Waals surface area contributed by atoms with E-state index in [1.807, 2.05) is 0 Å². The molecule has 0 aromatic carbocycles. The number of fused-ring (bicyclic) bond motifs is 1. The minimum atomic E-state index is 0.584. The monoisotopic (exact) mass is 207 g/mol. The van der Waals surface area contributed by atoms with Crippen molar-refractivity contribution in [3.05, 3.63) is 17.0 Å². The van der Waals surface area contributed by atoms with Gasteiger partial charge in [0.25, 0.3) is 0 Å². The summed E-state index contributed by atoms with van der Waals surface area (Å²) in [6, 6.07) is 0. The van der Waals surface area contributed by atoms with Crippen LogP contribution in [0.15, 0.2) is 0 Å². The summed E-state index contributed by atoms with van der Waals surface area (Å²) in [6.45, 7) is 3.80. The molecule has 0 unspecified atom stereocenters. The Balaban J connectivity index is 1.87. The van der Waals surface area contributed by atoms with Crippen LogP contribution in [0.5, 0.6) is 0 Å². The van der Waals surface area contributed by atoms with Crippen molar-refractivity contribution in [3.8, 4) is 0 Å². The summed E-state index contributed by atoms with van der Waals surface area (Å²) in [5, 5.41) is 11.1. The van der Waals surface area contributed by atoms with E-state index in [9.17, 15) is 0 Å². The molecule has 4 heteroatoms. The van der Waals surface area contributed by atoms with Crippen LogP contribution in [0.2, 0.25) is 0 Å². The van der Waals surface area contributed by atoms with Crippen molar-refractivity contribution in [2.24, 2.45) is 0 Å². The lowest BCUT2D eigenvalue weighted by Gasteiger charge is -2.23. The maximum Gasteiger partial charge on any atom is 0.0753 e. The first-order valence-electron chi connectivity index (χ1n) is 5.79. The fourth-order valence-electron chi connectivity index (χ4n) is 2.56. The van der Waals surface area contributed by atoms with E-state index in [1.165, 1.54) is 29.8 Å². The van der Waals surface area contributed by atoms with E-state index in [2.05, 4.69) is 15.5 Å². The second-order valence-corrected chi connectivity index (χ2v) is 4.41. The quantitative estimate of drug-likeness (QED) is 0.721. The highest BCUT2D eigenvalue weighted by atomic mass is 16.5. The number of rotatable bonds is 1. The largest absolute Gasteiger partial charge is 0.376 e. The number of nitrogens with one attached hydrogen (secondary N) is 2. The Morgan fingerprint density at radius 2 is 2.40 bits per heavy atom. The zero-order chi connectivity index (χ0) is 10.1. The summed E-state index contributed by atoms with van der Waals surface area (Å²) in [6.07, 6.45) is 3.50. The third-order valence-electron chi connectivity index (χ3n) is 3.41. The molecule has 1 fully saturated rings. The van der Waals surface area contributed by atoms with Crippen molar-refractivity contribution in [1.82, 2.24) is 15.5 Å². The Bertz CT molecular complexity index is 342. The Labute approximate surface area is 89.4 Å². The van der Waals surface area contributed by atoms with Gasteiger partial charge in [-0.05, 0) is 19.4 Å². The van der Waals surface area contributed by atoms with Gasteiger partial charge >= 0.3 is 0 Å². The lowest BCUT2D eigenvalue weighted by atomic mass is 9.92. The van der Waals surface area contributed by atoms with Gasteiger partial charge in [-0.15, -0.1) is 0 Å². The van der Waals surface area contributed by atoms with Crippen LogP contribution in [0.25, 0.3) is 0 Å². The molecule has 82 valence electrons. The first-order chi connectivity index (χ1) is 7.45. The number of aromatic amines is 1. The molecule has 0 radical (unpaired) electrons. The van der Waals surface area contributed by atoms with Crippen LogP contribution in [0, 0.1) is 0 Å². The summed E-state index contributed by atoms with van der Waals surface area (Å²) in [5.41, 5.74) is 3.87. The van der Waals surface area contributed by atoms with Crippen LogP contribution < -0.4 is 5.32 Å². The maximum absolute atomic E-state index is 5.51. The van der Waals surface area contributed by atoms with Gasteiger partial charge in [-0.2, -0.15) is 5.10 Å². The molecule has 1 aromatic heterocycles. The van der Waals surface area contributed by atoms with Gasteiger partial charge in [-0.1, -0.05) is 0 Å². The number of hydrogen-bond acceptors (Lipinski definition) is 3. The van der Waals surface area contributed by atoms with E-state index in [-0.39, 0.29) is 0 Å². The molecule has 1 saturated heterocycles. The second-order valence-electron chi connectivity index (χ2n) is 4.41. The third kappa shape index (κ3) is 1.68. The number of ether oxygens (including phenoxy) is 1. The van der Waals surface area contributed by atoms with Crippen LogP contribution in [0.4, 0.5) is 0 Å². The van der Waals surface area contributed by atoms with Crippen LogP contribution in [-0.4, -0.2) is 29.9 Å². The average Bonchev–Trinajstić information content (AvgIpc) is 2.74. The van der Waals surface area contributed by atoms with Crippen molar-refractivity contribution in [2.45, 2.75) is 31.8 Å². The van der Waals surface area contributed by atoms with Gasteiger partial charge in [0.1, 0.15) is 0 Å². The highest BCUT2D eigenvalue weighted by Gasteiger charge is 2.24. The van der Waals surface area contributed by atoms with Crippen molar-refractivity contribution in [2.75, 3.05) is 19.7 Å². The molecular weight excluding hydrogens is 190 g/mol. The highest BCUT2D eigenvalue weighted by molar-refractivity contribution is 5.29. The fraction of sp³-hybridized carbons (Fsp3) is 0.727. The lowest BCUT2D eigenvalue weighted by Crippen LogP contribution is -2.29. The van der Waals surface area contributed by atoms with Crippen LogP contribution in [0.3, 0.4) is 0 Å². The summed E-state index contributed by atoms with van der Waals surface area (Å²) < 4.78 is 5.51. The Morgan fingerprint density at radius 3 is 3.27 bits per heavy atom. The topological polar surface area (TPSA) is 49.9 Å². The molecule has 0 bridgehead atoms. The first kappa shape index (κ1) is 9.36. The van der Waals surface area contributed by atoms with E-state index < -0.39 is 0 Å². The maximum atomic E-state index is 5.51. The average molecular weight is 207 g/mol. The molecule has 0 saturated carbocycles. The standard InChI is InChI=1S/C11H17N3O/c1-2-8(6-12-4-1)11-9-7-15-5-3-10(9)13-14-11/h8,12H,1-7H2,(H,13,14)/t8-/m1/s1. The Kier molecular flexibility index (Phi) is 2.46.